The summed E-state index contributed by atoms with van der Waals surface area (Å²) in [6, 6.07) is 4.71. The molecule has 3 heterocycles. The van der Waals surface area contributed by atoms with Crippen LogP contribution in [0.5, 0.6) is 0 Å². The fourth-order valence-electron chi connectivity index (χ4n) is 3.60. The number of anilines is 1. The number of piperidine rings is 1. The lowest BCUT2D eigenvalue weighted by Crippen LogP contribution is -2.59. The van der Waals surface area contributed by atoms with Gasteiger partial charge in [0.2, 0.25) is 11.6 Å². The van der Waals surface area contributed by atoms with Crippen LogP contribution in [0, 0.1) is 27.4 Å². The SMILES string of the molecule is CC(C)C(=O)NCC1CC2(CCN(c3ccc([N+](=O)[O-])c(C#N)n3)CC2)O1. The van der Waals surface area contributed by atoms with Crippen molar-refractivity contribution in [2.24, 2.45) is 5.92 Å². The van der Waals surface area contributed by atoms with Gasteiger partial charge < -0.3 is 15.0 Å². The van der Waals surface area contributed by atoms with Crippen molar-refractivity contribution < 1.29 is 14.5 Å². The zero-order valence-corrected chi connectivity index (χ0v) is 15.5. The van der Waals surface area contributed by atoms with Gasteiger partial charge in [-0.1, -0.05) is 13.8 Å². The predicted octanol–water partition coefficient (Wildman–Crippen LogP) is 1.76. The van der Waals surface area contributed by atoms with Crippen LogP contribution >= 0.6 is 0 Å². The Hall–Kier alpha value is -2.73. The first-order valence-corrected chi connectivity index (χ1v) is 9.09. The molecule has 0 aromatic carbocycles. The van der Waals surface area contributed by atoms with Crippen LogP contribution in [0.2, 0.25) is 0 Å². The molecule has 1 amide bonds. The molecule has 1 spiro atoms. The number of rotatable bonds is 5. The first-order chi connectivity index (χ1) is 12.8. The molecule has 3 rings (SSSR count). The quantitative estimate of drug-likeness (QED) is 0.616. The third-order valence-electron chi connectivity index (χ3n) is 5.21. The van der Waals surface area contributed by atoms with Gasteiger partial charge in [0.05, 0.1) is 16.6 Å². The van der Waals surface area contributed by atoms with E-state index in [1.807, 2.05) is 18.7 Å². The zero-order valence-electron chi connectivity index (χ0n) is 15.5. The molecule has 1 aromatic rings. The van der Waals surface area contributed by atoms with E-state index in [0.29, 0.717) is 25.5 Å². The van der Waals surface area contributed by atoms with Crippen molar-refractivity contribution in [1.29, 1.82) is 5.26 Å². The number of carbonyl (C=O) groups is 1. The van der Waals surface area contributed by atoms with Crippen LogP contribution < -0.4 is 10.2 Å². The molecule has 9 heteroatoms. The highest BCUT2D eigenvalue weighted by atomic mass is 16.6. The summed E-state index contributed by atoms with van der Waals surface area (Å²) in [4.78, 5) is 28.1. The Morgan fingerprint density at radius 2 is 2.19 bits per heavy atom. The van der Waals surface area contributed by atoms with E-state index in [4.69, 9.17) is 10.00 Å². The average Bonchev–Trinajstić information content (AvgIpc) is 2.63. The largest absolute Gasteiger partial charge is 0.370 e. The Kier molecular flexibility index (Phi) is 5.28. The maximum absolute atomic E-state index is 11.6. The second-order valence-electron chi connectivity index (χ2n) is 7.42. The zero-order chi connectivity index (χ0) is 19.6. The molecule has 1 aromatic heterocycles. The predicted molar refractivity (Wildman–Crippen MR) is 97.1 cm³/mol. The van der Waals surface area contributed by atoms with Gasteiger partial charge >= 0.3 is 5.69 Å². The number of carbonyl (C=O) groups excluding carboxylic acids is 1. The highest BCUT2D eigenvalue weighted by Crippen LogP contribution is 2.41. The minimum absolute atomic E-state index is 0.0326. The van der Waals surface area contributed by atoms with Crippen LogP contribution in [-0.2, 0) is 9.53 Å². The molecule has 144 valence electrons. The first kappa shape index (κ1) is 19.0. The van der Waals surface area contributed by atoms with Crippen LogP contribution in [0.15, 0.2) is 12.1 Å². The van der Waals surface area contributed by atoms with Crippen molar-refractivity contribution in [3.8, 4) is 6.07 Å². The standard InChI is InChI=1S/C18H23N5O4/c1-12(2)17(24)20-11-13-9-18(27-13)5-7-22(8-6-18)16-4-3-15(23(25)26)14(10-19)21-16/h3-4,12-13H,5-9,11H2,1-2H3,(H,20,24). The van der Waals surface area contributed by atoms with Crippen LogP contribution in [-0.4, -0.2) is 47.2 Å². The van der Waals surface area contributed by atoms with Gasteiger partial charge in [0.25, 0.3) is 0 Å². The third kappa shape index (κ3) is 4.01. The fraction of sp³-hybridized carbons (Fsp3) is 0.611. The summed E-state index contributed by atoms with van der Waals surface area (Å²) in [5.41, 5.74) is -0.593. The van der Waals surface area contributed by atoms with E-state index in [1.54, 1.807) is 12.1 Å². The molecule has 0 bridgehead atoms. The van der Waals surface area contributed by atoms with Gasteiger partial charge in [-0.3, -0.25) is 14.9 Å². The lowest BCUT2D eigenvalue weighted by molar-refractivity contribution is -0.385. The summed E-state index contributed by atoms with van der Waals surface area (Å²) in [5.74, 6) is 0.578. The number of nitrogens with one attached hydrogen (secondary N) is 1. The van der Waals surface area contributed by atoms with Crippen LogP contribution in [0.25, 0.3) is 0 Å². The van der Waals surface area contributed by atoms with E-state index < -0.39 is 4.92 Å². The lowest BCUT2D eigenvalue weighted by Gasteiger charge is -2.52. The molecule has 2 aliphatic heterocycles. The Balaban J connectivity index is 1.52. The summed E-state index contributed by atoms with van der Waals surface area (Å²) in [7, 11) is 0. The Bertz CT molecular complexity index is 772. The van der Waals surface area contributed by atoms with Gasteiger partial charge in [0.15, 0.2) is 0 Å². The van der Waals surface area contributed by atoms with Crippen LogP contribution in [0.1, 0.15) is 38.8 Å². The number of hydrogen-bond donors (Lipinski definition) is 1. The molecular formula is C18H23N5O4. The second-order valence-corrected chi connectivity index (χ2v) is 7.42. The smallest absolute Gasteiger partial charge is 0.305 e. The number of nitrogens with zero attached hydrogens (tertiary/aromatic N) is 4. The Labute approximate surface area is 157 Å². The van der Waals surface area contributed by atoms with Gasteiger partial charge in [-0.05, 0) is 18.9 Å². The molecule has 2 saturated heterocycles. The van der Waals surface area contributed by atoms with E-state index >= 15 is 0 Å². The van der Waals surface area contributed by atoms with Crippen molar-refractivity contribution in [2.45, 2.75) is 44.8 Å². The van der Waals surface area contributed by atoms with E-state index in [0.717, 1.165) is 19.3 Å². The maximum atomic E-state index is 11.6. The molecule has 27 heavy (non-hydrogen) atoms. The van der Waals surface area contributed by atoms with Crippen molar-refractivity contribution >= 4 is 17.4 Å². The number of amides is 1. The molecule has 0 radical (unpaired) electrons. The van der Waals surface area contributed by atoms with Crippen molar-refractivity contribution in [2.75, 3.05) is 24.5 Å². The minimum atomic E-state index is -0.596. The molecule has 2 fully saturated rings. The molecular weight excluding hydrogens is 350 g/mol. The van der Waals surface area contributed by atoms with Crippen LogP contribution in [0.4, 0.5) is 11.5 Å². The van der Waals surface area contributed by atoms with Crippen molar-refractivity contribution in [3.05, 3.63) is 27.9 Å². The fourth-order valence-corrected chi connectivity index (χ4v) is 3.60. The molecule has 0 saturated carbocycles. The van der Waals surface area contributed by atoms with E-state index in [9.17, 15) is 14.9 Å². The first-order valence-electron chi connectivity index (χ1n) is 9.09. The van der Waals surface area contributed by atoms with Crippen molar-refractivity contribution in [1.82, 2.24) is 10.3 Å². The third-order valence-corrected chi connectivity index (χ3v) is 5.21. The summed E-state index contributed by atoms with van der Waals surface area (Å²) in [6.07, 6.45) is 2.61. The molecule has 2 aliphatic rings. The monoisotopic (exact) mass is 373 g/mol. The summed E-state index contributed by atoms with van der Waals surface area (Å²) in [6.45, 7) is 5.68. The summed E-state index contributed by atoms with van der Waals surface area (Å²) < 4.78 is 6.07. The normalized spacial score (nSPS) is 20.8. The molecule has 9 nitrogen and oxygen atoms in total. The van der Waals surface area contributed by atoms with Gasteiger partial charge in [-0.2, -0.15) is 5.26 Å². The highest BCUT2D eigenvalue weighted by molar-refractivity contribution is 5.77. The number of pyridine rings is 1. The second kappa shape index (κ2) is 7.48. The van der Waals surface area contributed by atoms with Crippen LogP contribution in [0.3, 0.4) is 0 Å². The number of ether oxygens (including phenoxy) is 1. The van der Waals surface area contributed by atoms with Gasteiger partial charge in [0, 0.05) is 38.0 Å². The maximum Gasteiger partial charge on any atom is 0.305 e. The van der Waals surface area contributed by atoms with E-state index in [2.05, 4.69) is 10.3 Å². The minimum Gasteiger partial charge on any atom is -0.370 e. The molecule has 1 N–H and O–H groups in total. The average molecular weight is 373 g/mol. The van der Waals surface area contributed by atoms with Gasteiger partial charge in [-0.15, -0.1) is 0 Å². The Morgan fingerprint density at radius 1 is 1.52 bits per heavy atom. The highest BCUT2D eigenvalue weighted by Gasteiger charge is 2.47. The molecule has 1 unspecified atom stereocenters. The van der Waals surface area contributed by atoms with Gasteiger partial charge in [-0.25, -0.2) is 4.98 Å². The van der Waals surface area contributed by atoms with Crippen molar-refractivity contribution in [3.63, 3.8) is 0 Å². The number of aromatic nitrogens is 1. The number of nitro groups is 1. The topological polar surface area (TPSA) is 121 Å². The number of nitriles is 1. The lowest BCUT2D eigenvalue weighted by atomic mass is 9.80. The summed E-state index contributed by atoms with van der Waals surface area (Å²) in [5, 5.41) is 22.9. The molecule has 0 aliphatic carbocycles. The Morgan fingerprint density at radius 3 is 2.74 bits per heavy atom. The molecule has 1 atom stereocenters. The summed E-state index contributed by atoms with van der Waals surface area (Å²) >= 11 is 0. The van der Waals surface area contributed by atoms with E-state index in [-0.39, 0.29) is 34.9 Å². The van der Waals surface area contributed by atoms with E-state index in [1.165, 1.54) is 6.07 Å². The number of hydrogen-bond acceptors (Lipinski definition) is 7. The van der Waals surface area contributed by atoms with Gasteiger partial charge in [0.1, 0.15) is 11.9 Å².